The summed E-state index contributed by atoms with van der Waals surface area (Å²) in [7, 11) is -1.91. The molecule has 0 spiro atoms. The number of nitrogens with zero attached hydrogens (tertiary/aromatic N) is 1. The molecule has 1 aromatic heterocycles. The molecule has 8 heteroatoms. The van der Waals surface area contributed by atoms with Gasteiger partial charge in [0.2, 0.25) is 5.91 Å². The number of amides is 1. The van der Waals surface area contributed by atoms with Crippen molar-refractivity contribution in [1.29, 1.82) is 0 Å². The zero-order valence-corrected chi connectivity index (χ0v) is 16.7. The van der Waals surface area contributed by atoms with E-state index in [0.717, 1.165) is 15.8 Å². The molecule has 1 amide bonds. The lowest BCUT2D eigenvalue weighted by Gasteiger charge is -2.06. The number of methoxy groups -OCH3 is 1. The minimum atomic E-state index is -3.43. The van der Waals surface area contributed by atoms with Gasteiger partial charge in [-0.2, -0.15) is 0 Å². The first-order valence-electron chi connectivity index (χ1n) is 8.42. The van der Waals surface area contributed by atoms with E-state index in [0.29, 0.717) is 10.9 Å². The molecule has 27 heavy (non-hydrogen) atoms. The molecule has 2 aromatic carbocycles. The molecule has 3 rings (SSSR count). The van der Waals surface area contributed by atoms with Gasteiger partial charge in [-0.05, 0) is 49.2 Å². The summed E-state index contributed by atoms with van der Waals surface area (Å²) in [6, 6.07) is 12.1. The fourth-order valence-corrected chi connectivity index (χ4v) is 4.92. The van der Waals surface area contributed by atoms with Gasteiger partial charge in [-0.1, -0.05) is 23.5 Å². The molecule has 0 saturated carbocycles. The number of fused-ring (bicyclic) bond motifs is 1. The Bertz CT molecular complexity index is 1060. The summed E-state index contributed by atoms with van der Waals surface area (Å²) in [6.45, 7) is 1.97. The van der Waals surface area contributed by atoms with E-state index in [9.17, 15) is 13.2 Å². The molecule has 1 heterocycles. The van der Waals surface area contributed by atoms with Crippen LogP contribution in [0.2, 0.25) is 0 Å². The van der Waals surface area contributed by atoms with Gasteiger partial charge < -0.3 is 10.1 Å². The van der Waals surface area contributed by atoms with E-state index in [1.807, 2.05) is 25.1 Å². The lowest BCUT2D eigenvalue weighted by Crippen LogP contribution is -2.14. The zero-order valence-electron chi connectivity index (χ0n) is 15.1. The van der Waals surface area contributed by atoms with Gasteiger partial charge in [0.15, 0.2) is 15.0 Å². The van der Waals surface area contributed by atoms with Crippen LogP contribution in [0.25, 0.3) is 10.2 Å². The number of aryl methyl sites for hydroxylation is 1. The fraction of sp³-hybridized carbons (Fsp3) is 0.263. The monoisotopic (exact) mass is 404 g/mol. The number of ether oxygens (including phenoxy) is 1. The maximum Gasteiger partial charge on any atom is 0.226 e. The summed E-state index contributed by atoms with van der Waals surface area (Å²) in [5.74, 6) is 0.266. The molecule has 0 aliphatic heterocycles. The van der Waals surface area contributed by atoms with Crippen LogP contribution in [0.5, 0.6) is 5.75 Å². The lowest BCUT2D eigenvalue weighted by atomic mass is 10.2. The Labute approximate surface area is 162 Å². The van der Waals surface area contributed by atoms with Gasteiger partial charge in [0.05, 0.1) is 28.0 Å². The molecular weight excluding hydrogens is 384 g/mol. The predicted molar refractivity (Wildman–Crippen MR) is 107 cm³/mol. The van der Waals surface area contributed by atoms with Crippen molar-refractivity contribution in [2.24, 2.45) is 0 Å². The van der Waals surface area contributed by atoms with Crippen molar-refractivity contribution >= 4 is 42.4 Å². The summed E-state index contributed by atoms with van der Waals surface area (Å²) in [5.41, 5.74) is 1.93. The van der Waals surface area contributed by atoms with Gasteiger partial charge in [0.1, 0.15) is 5.75 Å². The molecular formula is C19H20N2O4S2. The predicted octanol–water partition coefficient (Wildman–Crippen LogP) is 3.81. The summed E-state index contributed by atoms with van der Waals surface area (Å²) in [5, 5.41) is 3.29. The average Bonchev–Trinajstić information content (AvgIpc) is 3.05. The van der Waals surface area contributed by atoms with Crippen LogP contribution in [0, 0.1) is 6.92 Å². The number of aromatic nitrogens is 1. The highest BCUT2D eigenvalue weighted by molar-refractivity contribution is 7.91. The second-order valence-electron chi connectivity index (χ2n) is 6.09. The minimum absolute atomic E-state index is 0.0916. The van der Waals surface area contributed by atoms with E-state index in [1.54, 1.807) is 12.1 Å². The number of rotatable bonds is 7. The molecule has 0 unspecified atom stereocenters. The van der Waals surface area contributed by atoms with Gasteiger partial charge in [-0.25, -0.2) is 13.4 Å². The summed E-state index contributed by atoms with van der Waals surface area (Å²) < 4.78 is 30.7. The van der Waals surface area contributed by atoms with Crippen molar-refractivity contribution < 1.29 is 17.9 Å². The largest absolute Gasteiger partial charge is 0.497 e. The van der Waals surface area contributed by atoms with E-state index < -0.39 is 9.84 Å². The highest BCUT2D eigenvalue weighted by Gasteiger charge is 2.16. The van der Waals surface area contributed by atoms with Crippen molar-refractivity contribution in [2.75, 3.05) is 18.2 Å². The standard InChI is InChI=1S/C19H20N2O4S2/c1-13-5-3-6-16-18(13)21-19(26-16)20-17(22)7-4-12-27(23,24)15-10-8-14(25-2)9-11-15/h3,5-6,8-11H,4,7,12H2,1-2H3,(H,20,21,22). The summed E-state index contributed by atoms with van der Waals surface area (Å²) in [6.07, 6.45) is 0.356. The number of hydrogen-bond acceptors (Lipinski definition) is 6. The van der Waals surface area contributed by atoms with Crippen LogP contribution in [-0.2, 0) is 14.6 Å². The Morgan fingerprint density at radius 1 is 1.19 bits per heavy atom. The minimum Gasteiger partial charge on any atom is -0.497 e. The van der Waals surface area contributed by atoms with E-state index in [-0.39, 0.29) is 29.4 Å². The molecule has 0 bridgehead atoms. The normalized spacial score (nSPS) is 11.5. The highest BCUT2D eigenvalue weighted by Crippen LogP contribution is 2.28. The van der Waals surface area contributed by atoms with Crippen LogP contribution in [0.1, 0.15) is 18.4 Å². The maximum atomic E-state index is 12.3. The number of thiazole rings is 1. The first-order valence-corrected chi connectivity index (χ1v) is 10.9. The number of sulfone groups is 1. The number of para-hydroxylation sites is 1. The molecule has 3 aromatic rings. The first kappa shape index (κ1) is 19.3. The van der Waals surface area contributed by atoms with Crippen molar-refractivity contribution in [3.63, 3.8) is 0 Å². The number of benzene rings is 2. The molecule has 0 fully saturated rings. The van der Waals surface area contributed by atoms with Crippen LogP contribution >= 0.6 is 11.3 Å². The van der Waals surface area contributed by atoms with E-state index in [4.69, 9.17) is 4.74 Å². The third-order valence-corrected chi connectivity index (χ3v) is 6.86. The number of carbonyl (C=O) groups is 1. The summed E-state index contributed by atoms with van der Waals surface area (Å²) >= 11 is 1.41. The summed E-state index contributed by atoms with van der Waals surface area (Å²) in [4.78, 5) is 16.8. The van der Waals surface area contributed by atoms with Crippen LogP contribution in [0.3, 0.4) is 0 Å². The Morgan fingerprint density at radius 2 is 1.93 bits per heavy atom. The number of nitrogens with one attached hydrogen (secondary N) is 1. The quantitative estimate of drug-likeness (QED) is 0.647. The Kier molecular flexibility index (Phi) is 5.76. The number of carbonyl (C=O) groups excluding carboxylic acids is 1. The van der Waals surface area contributed by atoms with Crippen molar-refractivity contribution in [3.8, 4) is 5.75 Å². The zero-order chi connectivity index (χ0) is 19.4. The molecule has 0 aliphatic rings. The molecule has 0 saturated heterocycles. The van der Waals surface area contributed by atoms with E-state index in [1.165, 1.54) is 30.6 Å². The highest BCUT2D eigenvalue weighted by atomic mass is 32.2. The van der Waals surface area contributed by atoms with Crippen molar-refractivity contribution in [3.05, 3.63) is 48.0 Å². The molecule has 0 aliphatic carbocycles. The molecule has 0 atom stereocenters. The van der Waals surface area contributed by atoms with Crippen LogP contribution in [-0.4, -0.2) is 32.2 Å². The van der Waals surface area contributed by atoms with Crippen LogP contribution in [0.4, 0.5) is 5.13 Å². The number of anilines is 1. The Morgan fingerprint density at radius 3 is 2.59 bits per heavy atom. The van der Waals surface area contributed by atoms with Crippen LogP contribution in [0.15, 0.2) is 47.4 Å². The molecule has 142 valence electrons. The van der Waals surface area contributed by atoms with Crippen LogP contribution < -0.4 is 10.1 Å². The SMILES string of the molecule is COc1ccc(S(=O)(=O)CCCC(=O)Nc2nc3c(C)cccc3s2)cc1. The first-order chi connectivity index (χ1) is 12.9. The Balaban J connectivity index is 1.55. The number of hydrogen-bond donors (Lipinski definition) is 1. The molecule has 6 nitrogen and oxygen atoms in total. The second kappa shape index (κ2) is 8.06. The third kappa shape index (κ3) is 4.64. The molecule has 0 radical (unpaired) electrons. The fourth-order valence-electron chi connectivity index (χ4n) is 2.65. The average molecular weight is 405 g/mol. The van der Waals surface area contributed by atoms with Gasteiger partial charge in [0, 0.05) is 6.42 Å². The topological polar surface area (TPSA) is 85.4 Å². The van der Waals surface area contributed by atoms with Gasteiger partial charge >= 0.3 is 0 Å². The Hall–Kier alpha value is -2.45. The second-order valence-corrected chi connectivity index (χ2v) is 9.23. The van der Waals surface area contributed by atoms with E-state index in [2.05, 4.69) is 10.3 Å². The van der Waals surface area contributed by atoms with Gasteiger partial charge in [-0.3, -0.25) is 4.79 Å². The van der Waals surface area contributed by atoms with Crippen molar-refractivity contribution in [2.45, 2.75) is 24.7 Å². The van der Waals surface area contributed by atoms with Gasteiger partial charge in [0.25, 0.3) is 0 Å². The van der Waals surface area contributed by atoms with E-state index >= 15 is 0 Å². The lowest BCUT2D eigenvalue weighted by molar-refractivity contribution is -0.116. The smallest absolute Gasteiger partial charge is 0.226 e. The third-order valence-electron chi connectivity index (χ3n) is 4.10. The van der Waals surface area contributed by atoms with Gasteiger partial charge in [-0.15, -0.1) is 0 Å². The molecule has 1 N–H and O–H groups in total. The van der Waals surface area contributed by atoms with Crippen molar-refractivity contribution in [1.82, 2.24) is 4.98 Å². The maximum absolute atomic E-state index is 12.3.